The first-order valence-corrected chi connectivity index (χ1v) is 8.29. The molecule has 0 bridgehead atoms. The molecule has 0 amide bonds. The second-order valence-corrected chi connectivity index (χ2v) is 6.67. The van der Waals surface area contributed by atoms with Gasteiger partial charge in [-0.3, -0.25) is 0 Å². The number of nitrogens with one attached hydrogen (secondary N) is 1. The molecule has 0 radical (unpaired) electrons. The minimum Gasteiger partial charge on any atom is -0.392 e. The molecule has 4 heteroatoms. The van der Waals surface area contributed by atoms with Gasteiger partial charge in [0, 0.05) is 17.6 Å². The first kappa shape index (κ1) is 16.0. The van der Waals surface area contributed by atoms with Gasteiger partial charge in [0.15, 0.2) is 0 Å². The van der Waals surface area contributed by atoms with Crippen molar-refractivity contribution in [1.82, 2.24) is 10.2 Å². The first-order valence-electron chi connectivity index (χ1n) is 7.49. The molecular formula is C16H25BrN2O. The van der Waals surface area contributed by atoms with E-state index in [4.69, 9.17) is 0 Å². The molecule has 1 aliphatic heterocycles. The van der Waals surface area contributed by atoms with E-state index in [0.717, 1.165) is 38.6 Å². The van der Waals surface area contributed by atoms with E-state index in [9.17, 15) is 5.11 Å². The zero-order chi connectivity index (χ0) is 14.4. The molecule has 1 atom stereocenters. The second kappa shape index (κ2) is 8.13. The van der Waals surface area contributed by atoms with Crippen LogP contribution in [-0.4, -0.2) is 42.3 Å². The Kier molecular flexibility index (Phi) is 6.49. The number of piperidine rings is 1. The lowest BCUT2D eigenvalue weighted by Crippen LogP contribution is -2.40. The fraction of sp³-hybridized carbons (Fsp3) is 0.625. The van der Waals surface area contributed by atoms with Crippen LogP contribution >= 0.6 is 15.9 Å². The molecule has 0 unspecified atom stereocenters. The Bertz CT molecular complexity index is 403. The lowest BCUT2D eigenvalue weighted by molar-refractivity contribution is 0.0998. The Morgan fingerprint density at radius 1 is 1.35 bits per heavy atom. The molecule has 2 N–H and O–H groups in total. The van der Waals surface area contributed by atoms with Gasteiger partial charge < -0.3 is 15.3 Å². The zero-order valence-electron chi connectivity index (χ0n) is 12.2. The molecule has 0 spiro atoms. The maximum Gasteiger partial charge on any atom is 0.0639 e. The van der Waals surface area contributed by atoms with Crippen LogP contribution in [0.4, 0.5) is 0 Å². The highest BCUT2D eigenvalue weighted by atomic mass is 79.9. The Morgan fingerprint density at radius 2 is 2.05 bits per heavy atom. The maximum atomic E-state index is 9.41. The van der Waals surface area contributed by atoms with Gasteiger partial charge in [0.05, 0.1) is 6.10 Å². The lowest BCUT2D eigenvalue weighted by atomic mass is 9.96. The normalized spacial score (nSPS) is 19.1. The molecule has 1 heterocycles. The molecule has 1 aliphatic rings. The van der Waals surface area contributed by atoms with Gasteiger partial charge in [0.2, 0.25) is 0 Å². The number of aliphatic hydroxyl groups is 1. The second-order valence-electron chi connectivity index (χ2n) is 5.82. The van der Waals surface area contributed by atoms with Crippen LogP contribution in [0.2, 0.25) is 0 Å². The Hall–Kier alpha value is -0.420. The van der Waals surface area contributed by atoms with E-state index in [1.807, 2.05) is 13.0 Å². The van der Waals surface area contributed by atoms with Crippen molar-refractivity contribution >= 4 is 15.9 Å². The monoisotopic (exact) mass is 340 g/mol. The minimum atomic E-state index is -0.208. The smallest absolute Gasteiger partial charge is 0.0639 e. The van der Waals surface area contributed by atoms with Crippen molar-refractivity contribution in [3.63, 3.8) is 0 Å². The summed E-state index contributed by atoms with van der Waals surface area (Å²) in [6.07, 6.45) is 2.26. The van der Waals surface area contributed by atoms with Gasteiger partial charge in [-0.25, -0.2) is 0 Å². The third kappa shape index (κ3) is 5.17. The van der Waals surface area contributed by atoms with E-state index in [1.165, 1.54) is 22.9 Å². The summed E-state index contributed by atoms with van der Waals surface area (Å²) in [5.74, 6) is 0.766. The quantitative estimate of drug-likeness (QED) is 0.835. The molecule has 1 aromatic carbocycles. The summed E-state index contributed by atoms with van der Waals surface area (Å²) in [6.45, 7) is 6.93. The Balaban J connectivity index is 1.65. The number of benzene rings is 1. The van der Waals surface area contributed by atoms with Crippen molar-refractivity contribution < 1.29 is 5.11 Å². The van der Waals surface area contributed by atoms with E-state index in [2.05, 4.69) is 44.3 Å². The van der Waals surface area contributed by atoms with E-state index in [-0.39, 0.29) is 6.10 Å². The Labute approximate surface area is 130 Å². The highest BCUT2D eigenvalue weighted by Gasteiger charge is 2.19. The van der Waals surface area contributed by atoms with Crippen LogP contribution in [0.25, 0.3) is 0 Å². The van der Waals surface area contributed by atoms with Crippen molar-refractivity contribution in [3.05, 3.63) is 34.3 Å². The van der Waals surface area contributed by atoms with Crippen molar-refractivity contribution in [3.8, 4) is 0 Å². The summed E-state index contributed by atoms with van der Waals surface area (Å²) in [5, 5.41) is 13.0. The van der Waals surface area contributed by atoms with Crippen molar-refractivity contribution in [2.75, 3.05) is 26.2 Å². The first-order chi connectivity index (χ1) is 9.65. The number of rotatable bonds is 6. The standard InChI is InChI=1S/C16H25BrN2O/c1-13(20)12-19-8-6-14(7-9-19)10-18-11-15-4-2-3-5-16(15)17/h2-5,13-14,18,20H,6-12H2,1H3/t13-/m0/s1. The number of hydrogen-bond donors (Lipinski definition) is 2. The van der Waals surface area contributed by atoms with E-state index in [1.54, 1.807) is 0 Å². The summed E-state index contributed by atoms with van der Waals surface area (Å²) in [7, 11) is 0. The number of hydrogen-bond acceptors (Lipinski definition) is 3. The highest BCUT2D eigenvalue weighted by Crippen LogP contribution is 2.18. The third-order valence-corrected chi connectivity index (χ3v) is 4.71. The molecule has 20 heavy (non-hydrogen) atoms. The molecule has 1 fully saturated rings. The summed E-state index contributed by atoms with van der Waals surface area (Å²) in [4.78, 5) is 2.37. The number of aliphatic hydroxyl groups excluding tert-OH is 1. The largest absolute Gasteiger partial charge is 0.392 e. The highest BCUT2D eigenvalue weighted by molar-refractivity contribution is 9.10. The van der Waals surface area contributed by atoms with Crippen LogP contribution in [0.5, 0.6) is 0 Å². The molecule has 112 valence electrons. The zero-order valence-corrected chi connectivity index (χ0v) is 13.8. The van der Waals surface area contributed by atoms with Crippen molar-refractivity contribution in [2.45, 2.75) is 32.4 Å². The van der Waals surface area contributed by atoms with Crippen LogP contribution in [0.3, 0.4) is 0 Å². The van der Waals surface area contributed by atoms with Gasteiger partial charge in [-0.1, -0.05) is 34.1 Å². The van der Waals surface area contributed by atoms with Crippen molar-refractivity contribution in [1.29, 1.82) is 0 Å². The minimum absolute atomic E-state index is 0.208. The lowest BCUT2D eigenvalue weighted by Gasteiger charge is -2.32. The maximum absolute atomic E-state index is 9.41. The number of nitrogens with zero attached hydrogens (tertiary/aromatic N) is 1. The molecular weight excluding hydrogens is 316 g/mol. The molecule has 0 saturated carbocycles. The fourth-order valence-electron chi connectivity index (χ4n) is 2.80. The number of halogens is 1. The van der Waals surface area contributed by atoms with Gasteiger partial charge in [-0.05, 0) is 56.9 Å². The van der Waals surface area contributed by atoms with Crippen LogP contribution in [0.1, 0.15) is 25.3 Å². The van der Waals surface area contributed by atoms with Crippen molar-refractivity contribution in [2.24, 2.45) is 5.92 Å². The Morgan fingerprint density at radius 3 is 2.70 bits per heavy atom. The SMILES string of the molecule is C[C@H](O)CN1CCC(CNCc2ccccc2Br)CC1. The molecule has 0 aromatic heterocycles. The van der Waals surface area contributed by atoms with Crippen LogP contribution in [0.15, 0.2) is 28.7 Å². The van der Waals surface area contributed by atoms with Crippen LogP contribution in [-0.2, 0) is 6.54 Å². The predicted molar refractivity (Wildman–Crippen MR) is 86.7 cm³/mol. The number of likely N-dealkylation sites (tertiary alicyclic amines) is 1. The molecule has 0 aliphatic carbocycles. The van der Waals surface area contributed by atoms with E-state index >= 15 is 0 Å². The summed E-state index contributed by atoms with van der Waals surface area (Å²) < 4.78 is 1.18. The fourth-order valence-corrected chi connectivity index (χ4v) is 3.22. The number of β-amino-alcohol motifs (C(OH)–C–C–N with tert-alkyl or cyclic N) is 1. The average Bonchev–Trinajstić information content (AvgIpc) is 2.42. The third-order valence-electron chi connectivity index (χ3n) is 3.94. The predicted octanol–water partition coefficient (Wildman–Crippen LogP) is 2.63. The molecule has 3 nitrogen and oxygen atoms in total. The van der Waals surface area contributed by atoms with Gasteiger partial charge in [-0.15, -0.1) is 0 Å². The van der Waals surface area contributed by atoms with Gasteiger partial charge >= 0.3 is 0 Å². The van der Waals surface area contributed by atoms with Gasteiger partial charge in [0.25, 0.3) is 0 Å². The van der Waals surface area contributed by atoms with Crippen LogP contribution in [0, 0.1) is 5.92 Å². The topological polar surface area (TPSA) is 35.5 Å². The summed E-state index contributed by atoms with van der Waals surface area (Å²) in [6, 6.07) is 8.37. The van der Waals surface area contributed by atoms with Gasteiger partial charge in [0.1, 0.15) is 0 Å². The molecule has 2 rings (SSSR count). The average molecular weight is 341 g/mol. The molecule has 1 saturated heterocycles. The van der Waals surface area contributed by atoms with Gasteiger partial charge in [-0.2, -0.15) is 0 Å². The van der Waals surface area contributed by atoms with E-state index in [0.29, 0.717) is 0 Å². The summed E-state index contributed by atoms with van der Waals surface area (Å²) in [5.41, 5.74) is 1.32. The summed E-state index contributed by atoms with van der Waals surface area (Å²) >= 11 is 3.58. The van der Waals surface area contributed by atoms with Crippen LogP contribution < -0.4 is 5.32 Å². The molecule has 1 aromatic rings. The van der Waals surface area contributed by atoms with E-state index < -0.39 is 0 Å².